The lowest BCUT2D eigenvalue weighted by Crippen LogP contribution is -2.02. The first-order chi connectivity index (χ1) is 6.77. The number of halogens is 2. The van der Waals surface area contributed by atoms with Crippen molar-refractivity contribution < 1.29 is 0 Å². The Bertz CT molecular complexity index is 523. The number of fused-ring (bicyclic) bond motifs is 3. The molecule has 0 atom stereocenters. The standard InChI is InChI=1S/C8H8ClN5.BrH/c9-6-4-2-1-3-5(4)7-11-12-8(10)14(7)13-6;/h1-3H2,(H2,10,12);1H. The molecule has 0 radical (unpaired) electrons. The van der Waals surface area contributed by atoms with Crippen molar-refractivity contribution >= 4 is 40.2 Å². The number of nitrogens with two attached hydrogens (primary N) is 1. The van der Waals surface area contributed by atoms with E-state index in [2.05, 4.69) is 15.3 Å². The average molecular weight is 291 g/mol. The SMILES string of the molecule is Br.Nc1nnc2c3c(c(Cl)nn12)CCC3. The van der Waals surface area contributed by atoms with Crippen LogP contribution in [0.3, 0.4) is 0 Å². The van der Waals surface area contributed by atoms with E-state index in [0.717, 1.165) is 36.0 Å². The van der Waals surface area contributed by atoms with Gasteiger partial charge in [-0.25, -0.2) is 0 Å². The quantitative estimate of drug-likeness (QED) is 0.797. The molecule has 2 N–H and O–H groups in total. The lowest BCUT2D eigenvalue weighted by Gasteiger charge is -2.02. The zero-order valence-electron chi connectivity index (χ0n) is 7.77. The highest BCUT2D eigenvalue weighted by Gasteiger charge is 2.21. The molecule has 1 aliphatic carbocycles. The number of aryl methyl sites for hydroxylation is 1. The zero-order chi connectivity index (χ0) is 9.71. The molecular weight excluding hydrogens is 281 g/mol. The highest BCUT2D eigenvalue weighted by Crippen LogP contribution is 2.29. The van der Waals surface area contributed by atoms with Gasteiger partial charge in [0.05, 0.1) is 0 Å². The largest absolute Gasteiger partial charge is 0.366 e. The van der Waals surface area contributed by atoms with E-state index in [1.165, 1.54) is 4.52 Å². The number of nitrogens with zero attached hydrogens (tertiary/aromatic N) is 4. The Morgan fingerprint density at radius 2 is 1.93 bits per heavy atom. The average Bonchev–Trinajstić information content (AvgIpc) is 2.74. The third kappa shape index (κ3) is 1.39. The van der Waals surface area contributed by atoms with Gasteiger partial charge in [-0.3, -0.25) is 0 Å². The van der Waals surface area contributed by atoms with Gasteiger partial charge in [0.15, 0.2) is 10.8 Å². The Kier molecular flexibility index (Phi) is 2.56. The molecule has 3 rings (SSSR count). The van der Waals surface area contributed by atoms with E-state index >= 15 is 0 Å². The smallest absolute Gasteiger partial charge is 0.243 e. The summed E-state index contributed by atoms with van der Waals surface area (Å²) in [7, 11) is 0. The summed E-state index contributed by atoms with van der Waals surface area (Å²) in [6, 6.07) is 0. The van der Waals surface area contributed by atoms with Crippen LogP contribution in [0, 0.1) is 0 Å². The molecule has 0 aliphatic heterocycles. The van der Waals surface area contributed by atoms with E-state index in [4.69, 9.17) is 17.3 Å². The molecular formula is C8H9BrClN5. The minimum Gasteiger partial charge on any atom is -0.366 e. The molecule has 0 saturated heterocycles. The molecule has 5 nitrogen and oxygen atoms in total. The molecule has 1 aliphatic rings. The topological polar surface area (TPSA) is 69.1 Å². The van der Waals surface area contributed by atoms with Crippen molar-refractivity contribution in [2.75, 3.05) is 5.73 Å². The van der Waals surface area contributed by atoms with Crippen LogP contribution in [0.15, 0.2) is 0 Å². The Morgan fingerprint density at radius 3 is 2.73 bits per heavy atom. The lowest BCUT2D eigenvalue weighted by atomic mass is 10.2. The van der Waals surface area contributed by atoms with Crippen LogP contribution < -0.4 is 5.73 Å². The van der Waals surface area contributed by atoms with Crippen molar-refractivity contribution in [2.45, 2.75) is 19.3 Å². The predicted octanol–water partition coefficient (Wildman–Crippen LogP) is 1.43. The van der Waals surface area contributed by atoms with Gasteiger partial charge in [-0.2, -0.15) is 9.61 Å². The maximum atomic E-state index is 6.03. The van der Waals surface area contributed by atoms with Crippen LogP contribution in [0.1, 0.15) is 17.5 Å². The predicted molar refractivity (Wildman–Crippen MR) is 62.6 cm³/mol. The van der Waals surface area contributed by atoms with Gasteiger partial charge >= 0.3 is 0 Å². The molecule has 15 heavy (non-hydrogen) atoms. The summed E-state index contributed by atoms with van der Waals surface area (Å²) in [5, 5.41) is 12.4. The molecule has 0 unspecified atom stereocenters. The van der Waals surface area contributed by atoms with Gasteiger partial charge in [-0.15, -0.1) is 27.2 Å². The van der Waals surface area contributed by atoms with Crippen molar-refractivity contribution in [1.29, 1.82) is 0 Å². The first-order valence-corrected chi connectivity index (χ1v) is 4.83. The highest BCUT2D eigenvalue weighted by molar-refractivity contribution is 8.93. The summed E-state index contributed by atoms with van der Waals surface area (Å²) < 4.78 is 1.51. The van der Waals surface area contributed by atoms with E-state index in [1.54, 1.807) is 0 Å². The molecule has 2 aromatic heterocycles. The van der Waals surface area contributed by atoms with Crippen molar-refractivity contribution in [1.82, 2.24) is 19.8 Å². The summed E-state index contributed by atoms with van der Waals surface area (Å²) in [6.45, 7) is 0. The minimum absolute atomic E-state index is 0. The van der Waals surface area contributed by atoms with Crippen molar-refractivity contribution in [3.63, 3.8) is 0 Å². The summed E-state index contributed by atoms with van der Waals surface area (Å²) in [5.41, 5.74) is 8.61. The molecule has 80 valence electrons. The van der Waals surface area contributed by atoms with E-state index in [9.17, 15) is 0 Å². The molecule has 0 fully saturated rings. The fourth-order valence-electron chi connectivity index (χ4n) is 1.94. The van der Waals surface area contributed by atoms with Gasteiger partial charge in [-0.05, 0) is 24.8 Å². The summed E-state index contributed by atoms with van der Waals surface area (Å²) in [6.07, 6.45) is 3.06. The van der Waals surface area contributed by atoms with Gasteiger partial charge in [0, 0.05) is 5.56 Å². The maximum absolute atomic E-state index is 6.03. The fraction of sp³-hybridized carbons (Fsp3) is 0.375. The molecule has 7 heteroatoms. The molecule has 0 bridgehead atoms. The van der Waals surface area contributed by atoms with E-state index < -0.39 is 0 Å². The number of hydrogen-bond donors (Lipinski definition) is 1. The summed E-state index contributed by atoms with van der Waals surface area (Å²) in [5.74, 6) is 0.289. The third-order valence-corrected chi connectivity index (χ3v) is 2.89. The van der Waals surface area contributed by atoms with Gasteiger partial charge in [0.2, 0.25) is 5.95 Å². The molecule has 0 aromatic carbocycles. The molecule has 2 aromatic rings. The number of aromatic nitrogens is 4. The summed E-state index contributed by atoms with van der Waals surface area (Å²) in [4.78, 5) is 0. The minimum atomic E-state index is 0. The lowest BCUT2D eigenvalue weighted by molar-refractivity contribution is 0.909. The van der Waals surface area contributed by atoms with Crippen LogP contribution in [0.5, 0.6) is 0 Å². The second kappa shape index (κ2) is 3.61. The van der Waals surface area contributed by atoms with Crippen molar-refractivity contribution in [3.8, 4) is 0 Å². The second-order valence-electron chi connectivity index (χ2n) is 3.40. The van der Waals surface area contributed by atoms with E-state index in [0.29, 0.717) is 5.15 Å². The van der Waals surface area contributed by atoms with Gasteiger partial charge in [0.1, 0.15) is 0 Å². The highest BCUT2D eigenvalue weighted by atomic mass is 79.9. The van der Waals surface area contributed by atoms with Crippen molar-refractivity contribution in [3.05, 3.63) is 16.3 Å². The molecule has 2 heterocycles. The molecule has 0 amide bonds. The van der Waals surface area contributed by atoms with Gasteiger partial charge in [0.25, 0.3) is 0 Å². The fourth-order valence-corrected chi connectivity index (χ4v) is 2.23. The number of nitrogen functional groups attached to an aromatic ring is 1. The summed E-state index contributed by atoms with van der Waals surface area (Å²) >= 11 is 6.03. The van der Waals surface area contributed by atoms with Gasteiger partial charge in [-0.1, -0.05) is 11.6 Å². The van der Waals surface area contributed by atoms with Crippen LogP contribution in [0.2, 0.25) is 5.15 Å². The van der Waals surface area contributed by atoms with E-state index in [-0.39, 0.29) is 22.9 Å². The Morgan fingerprint density at radius 1 is 1.20 bits per heavy atom. The van der Waals surface area contributed by atoms with Crippen LogP contribution >= 0.6 is 28.6 Å². The monoisotopic (exact) mass is 289 g/mol. The second-order valence-corrected chi connectivity index (χ2v) is 3.75. The molecule has 0 spiro atoms. The number of anilines is 1. The Hall–Kier alpha value is -0.880. The van der Waals surface area contributed by atoms with Crippen LogP contribution in [-0.4, -0.2) is 19.8 Å². The zero-order valence-corrected chi connectivity index (χ0v) is 10.2. The van der Waals surface area contributed by atoms with E-state index in [1.807, 2.05) is 0 Å². The third-order valence-electron chi connectivity index (χ3n) is 2.59. The number of rotatable bonds is 0. The molecule has 0 saturated carbocycles. The Balaban J connectivity index is 0.000000853. The van der Waals surface area contributed by atoms with Crippen LogP contribution in [0.25, 0.3) is 5.65 Å². The van der Waals surface area contributed by atoms with Crippen LogP contribution in [0.4, 0.5) is 5.95 Å². The van der Waals surface area contributed by atoms with Crippen LogP contribution in [-0.2, 0) is 12.8 Å². The van der Waals surface area contributed by atoms with Crippen molar-refractivity contribution in [2.24, 2.45) is 0 Å². The normalized spacial score (nSPS) is 13.9. The first-order valence-electron chi connectivity index (χ1n) is 4.45. The Labute approximate surface area is 101 Å². The first kappa shape index (κ1) is 10.6. The van der Waals surface area contributed by atoms with Gasteiger partial charge < -0.3 is 5.73 Å². The number of hydrogen-bond acceptors (Lipinski definition) is 4. The maximum Gasteiger partial charge on any atom is 0.243 e.